The average molecular weight is 362 g/mol. The van der Waals surface area contributed by atoms with Gasteiger partial charge >= 0.3 is 0 Å². The molecule has 1 aliphatic carbocycles. The lowest BCUT2D eigenvalue weighted by Crippen LogP contribution is -2.52. The maximum Gasteiger partial charge on any atom is 0.223 e. The van der Waals surface area contributed by atoms with Crippen molar-refractivity contribution in [1.82, 2.24) is 0 Å². The van der Waals surface area contributed by atoms with Gasteiger partial charge in [0.15, 0.2) is 0 Å². The van der Waals surface area contributed by atoms with Crippen LogP contribution < -0.4 is 11.5 Å². The number of primary amides is 2. The Labute approximate surface area is 154 Å². The van der Waals surface area contributed by atoms with Crippen LogP contribution in [0.25, 0.3) is 0 Å². The summed E-state index contributed by atoms with van der Waals surface area (Å²) in [6.07, 6.45) is 1.91. The van der Waals surface area contributed by atoms with Crippen LogP contribution in [0.5, 0.6) is 0 Å². The molecule has 1 fully saturated rings. The number of aliphatic hydroxyl groups excluding tert-OH is 1. The largest absolute Gasteiger partial charge is 0.393 e. The molecule has 0 bridgehead atoms. The molecule has 1 aromatic rings. The van der Waals surface area contributed by atoms with Crippen LogP contribution in [-0.2, 0) is 16.0 Å². The van der Waals surface area contributed by atoms with Gasteiger partial charge in [0.2, 0.25) is 11.8 Å². The minimum atomic E-state index is -1.30. The summed E-state index contributed by atoms with van der Waals surface area (Å²) in [7, 11) is 0. The van der Waals surface area contributed by atoms with Gasteiger partial charge in [0.1, 0.15) is 0 Å². The van der Waals surface area contributed by atoms with Crippen LogP contribution in [-0.4, -0.2) is 33.7 Å². The molecular formula is C20H30N2O4. The maximum absolute atomic E-state index is 12.0. The molecule has 0 aliphatic heterocycles. The van der Waals surface area contributed by atoms with Gasteiger partial charge in [0, 0.05) is 5.41 Å². The van der Waals surface area contributed by atoms with Crippen molar-refractivity contribution < 1.29 is 19.8 Å². The molecule has 2 atom stereocenters. The van der Waals surface area contributed by atoms with Crippen molar-refractivity contribution in [2.45, 2.75) is 63.6 Å². The molecule has 1 aromatic carbocycles. The Kier molecular flexibility index (Phi) is 6.42. The molecule has 6 N–H and O–H groups in total. The summed E-state index contributed by atoms with van der Waals surface area (Å²) >= 11 is 0. The van der Waals surface area contributed by atoms with E-state index in [1.807, 2.05) is 30.3 Å². The Hall–Kier alpha value is -1.92. The van der Waals surface area contributed by atoms with Gasteiger partial charge in [-0.1, -0.05) is 37.3 Å². The molecule has 0 spiro atoms. The van der Waals surface area contributed by atoms with Gasteiger partial charge in [0.05, 0.1) is 17.6 Å². The van der Waals surface area contributed by atoms with Gasteiger partial charge < -0.3 is 21.7 Å². The summed E-state index contributed by atoms with van der Waals surface area (Å²) in [5.41, 5.74) is 10.1. The molecular weight excluding hydrogens is 332 g/mol. The second kappa shape index (κ2) is 8.18. The van der Waals surface area contributed by atoms with E-state index in [2.05, 4.69) is 0 Å². The topological polar surface area (TPSA) is 127 Å². The fourth-order valence-electron chi connectivity index (χ4n) is 3.80. The molecule has 26 heavy (non-hydrogen) atoms. The minimum absolute atomic E-state index is 0.117. The third-order valence-electron chi connectivity index (χ3n) is 5.92. The molecule has 144 valence electrons. The number of amides is 2. The maximum atomic E-state index is 12.0. The van der Waals surface area contributed by atoms with E-state index in [0.717, 1.165) is 5.56 Å². The molecule has 2 rings (SSSR count). The molecule has 0 radical (unpaired) electrons. The van der Waals surface area contributed by atoms with Crippen LogP contribution >= 0.6 is 0 Å². The van der Waals surface area contributed by atoms with Crippen LogP contribution in [0.15, 0.2) is 30.3 Å². The van der Waals surface area contributed by atoms with E-state index in [-0.39, 0.29) is 19.3 Å². The van der Waals surface area contributed by atoms with E-state index < -0.39 is 34.9 Å². The lowest BCUT2D eigenvalue weighted by Gasteiger charge is -2.44. The highest BCUT2D eigenvalue weighted by Gasteiger charge is 2.48. The molecule has 6 nitrogen and oxygen atoms in total. The summed E-state index contributed by atoms with van der Waals surface area (Å²) in [6.45, 7) is 1.78. The fourth-order valence-corrected chi connectivity index (χ4v) is 3.80. The molecule has 2 amide bonds. The number of hydrogen-bond donors (Lipinski definition) is 4. The highest BCUT2D eigenvalue weighted by atomic mass is 16.3. The third kappa shape index (κ3) is 4.83. The van der Waals surface area contributed by atoms with E-state index in [9.17, 15) is 19.8 Å². The Morgan fingerprint density at radius 3 is 2.19 bits per heavy atom. The normalized spacial score (nSPS) is 28.3. The summed E-state index contributed by atoms with van der Waals surface area (Å²) in [6, 6.07) is 9.78. The summed E-state index contributed by atoms with van der Waals surface area (Å²) < 4.78 is 0. The molecule has 1 aliphatic rings. The second-order valence-corrected chi connectivity index (χ2v) is 7.90. The molecule has 1 saturated carbocycles. The van der Waals surface area contributed by atoms with Gasteiger partial charge in [-0.25, -0.2) is 0 Å². The quantitative estimate of drug-likeness (QED) is 0.555. The number of aryl methyl sites for hydroxylation is 1. The van der Waals surface area contributed by atoms with Crippen molar-refractivity contribution in [3.8, 4) is 0 Å². The van der Waals surface area contributed by atoms with E-state index in [1.165, 1.54) is 0 Å². The smallest absolute Gasteiger partial charge is 0.223 e. The van der Waals surface area contributed by atoms with Crippen LogP contribution in [0.4, 0.5) is 0 Å². The van der Waals surface area contributed by atoms with Crippen LogP contribution in [0.3, 0.4) is 0 Å². The minimum Gasteiger partial charge on any atom is -0.393 e. The van der Waals surface area contributed by atoms with Crippen LogP contribution in [0.2, 0.25) is 0 Å². The number of benzene rings is 1. The molecule has 0 aromatic heterocycles. The first-order valence-electron chi connectivity index (χ1n) is 9.20. The Morgan fingerprint density at radius 1 is 1.12 bits per heavy atom. The van der Waals surface area contributed by atoms with E-state index in [0.29, 0.717) is 25.7 Å². The monoisotopic (exact) mass is 362 g/mol. The fraction of sp³-hybridized carbons (Fsp3) is 0.600. The zero-order valence-electron chi connectivity index (χ0n) is 15.4. The number of rotatable bonds is 8. The summed E-state index contributed by atoms with van der Waals surface area (Å²) in [4.78, 5) is 23.6. The van der Waals surface area contributed by atoms with Crippen molar-refractivity contribution in [3.63, 3.8) is 0 Å². The number of aliphatic hydroxyl groups is 2. The zero-order valence-corrected chi connectivity index (χ0v) is 15.4. The number of nitrogens with two attached hydrogens (primary N) is 2. The van der Waals surface area contributed by atoms with Gasteiger partial charge in [-0.15, -0.1) is 0 Å². The van der Waals surface area contributed by atoms with Crippen molar-refractivity contribution >= 4 is 11.8 Å². The highest BCUT2D eigenvalue weighted by molar-refractivity contribution is 5.81. The predicted molar refractivity (Wildman–Crippen MR) is 98.8 cm³/mol. The first-order chi connectivity index (χ1) is 12.2. The van der Waals surface area contributed by atoms with Crippen molar-refractivity contribution in [2.24, 2.45) is 22.8 Å². The van der Waals surface area contributed by atoms with Crippen molar-refractivity contribution in [1.29, 1.82) is 0 Å². The molecule has 0 heterocycles. The number of carbonyl (C=O) groups is 2. The van der Waals surface area contributed by atoms with Gasteiger partial charge in [0.25, 0.3) is 0 Å². The molecule has 0 unspecified atom stereocenters. The first kappa shape index (κ1) is 20.4. The lowest BCUT2D eigenvalue weighted by molar-refractivity contribution is -0.145. The zero-order chi connectivity index (χ0) is 19.4. The Balaban J connectivity index is 1.97. The van der Waals surface area contributed by atoms with Crippen LogP contribution in [0, 0.1) is 11.3 Å². The SMILES string of the molecule is CC1(C(N)=O)CCC(O)([C@H](C[C@@H](O)CCc2ccccc2)C(N)=O)CC1. The highest BCUT2D eigenvalue weighted by Crippen LogP contribution is 2.44. The third-order valence-corrected chi connectivity index (χ3v) is 5.92. The van der Waals surface area contributed by atoms with E-state index in [1.54, 1.807) is 6.92 Å². The first-order valence-corrected chi connectivity index (χ1v) is 9.20. The lowest BCUT2D eigenvalue weighted by atomic mass is 9.64. The molecule has 6 heteroatoms. The standard InChI is InChI=1S/C20H30N2O4/c1-19(18(22)25)9-11-20(26,12-10-19)16(17(21)24)13-15(23)8-7-14-5-3-2-4-6-14/h2-6,15-16,23,26H,7-13H2,1H3,(H2,21,24)(H2,22,25)/t15-,16+,19?,20?/m0/s1. The van der Waals surface area contributed by atoms with Crippen molar-refractivity contribution in [3.05, 3.63) is 35.9 Å². The average Bonchev–Trinajstić information content (AvgIpc) is 2.61. The van der Waals surface area contributed by atoms with Crippen molar-refractivity contribution in [2.75, 3.05) is 0 Å². The molecule has 0 saturated heterocycles. The summed E-state index contributed by atoms with van der Waals surface area (Å²) in [5, 5.41) is 21.4. The van der Waals surface area contributed by atoms with Gasteiger partial charge in [-0.2, -0.15) is 0 Å². The number of carbonyl (C=O) groups excluding carboxylic acids is 2. The Bertz CT molecular complexity index is 624. The van der Waals surface area contributed by atoms with Gasteiger partial charge in [-0.05, 0) is 50.5 Å². The van der Waals surface area contributed by atoms with Crippen LogP contribution in [0.1, 0.15) is 51.0 Å². The Morgan fingerprint density at radius 2 is 1.69 bits per heavy atom. The summed E-state index contributed by atoms with van der Waals surface area (Å²) in [5.74, 6) is -1.85. The van der Waals surface area contributed by atoms with E-state index >= 15 is 0 Å². The number of hydrogen-bond acceptors (Lipinski definition) is 4. The van der Waals surface area contributed by atoms with E-state index in [4.69, 9.17) is 11.5 Å². The van der Waals surface area contributed by atoms with Gasteiger partial charge in [-0.3, -0.25) is 9.59 Å². The predicted octanol–water partition coefficient (Wildman–Crippen LogP) is 1.27. The second-order valence-electron chi connectivity index (χ2n) is 7.90.